The maximum Gasteiger partial charge on any atom is 0.240 e. The number of nitrogens with zero attached hydrogens (tertiary/aromatic N) is 1. The second kappa shape index (κ2) is 7.93. The minimum Gasteiger partial charge on any atom is -0.302 e. The highest BCUT2D eigenvalue weighted by Crippen LogP contribution is 2.32. The summed E-state index contributed by atoms with van der Waals surface area (Å²) in [5.41, 5.74) is 2.07. The smallest absolute Gasteiger partial charge is 0.240 e. The molecule has 8 heteroatoms. The van der Waals surface area contributed by atoms with Gasteiger partial charge in [0.2, 0.25) is 15.9 Å². The predicted molar refractivity (Wildman–Crippen MR) is 110 cm³/mol. The molecule has 1 aromatic carbocycles. The molecule has 1 heterocycles. The van der Waals surface area contributed by atoms with Gasteiger partial charge in [-0.05, 0) is 62.1 Å². The monoisotopic (exact) mass is 419 g/mol. The average Bonchev–Trinajstić information content (AvgIpc) is 3.37. The van der Waals surface area contributed by atoms with Crippen molar-refractivity contribution in [3.05, 3.63) is 40.4 Å². The van der Waals surface area contributed by atoms with E-state index < -0.39 is 10.0 Å². The van der Waals surface area contributed by atoms with Gasteiger partial charge in [-0.1, -0.05) is 19.1 Å². The van der Waals surface area contributed by atoms with E-state index in [1.54, 1.807) is 35.6 Å². The van der Waals surface area contributed by atoms with Crippen molar-refractivity contribution in [2.24, 2.45) is 5.92 Å². The number of sulfonamides is 1. The summed E-state index contributed by atoms with van der Waals surface area (Å²) in [5, 5.41) is 3.60. The largest absolute Gasteiger partial charge is 0.302 e. The first-order chi connectivity index (χ1) is 13.4. The van der Waals surface area contributed by atoms with E-state index in [1.807, 2.05) is 0 Å². The summed E-state index contributed by atoms with van der Waals surface area (Å²) in [6.45, 7) is 2.25. The molecule has 28 heavy (non-hydrogen) atoms. The van der Waals surface area contributed by atoms with Gasteiger partial charge in [0.25, 0.3) is 0 Å². The first-order valence-corrected chi connectivity index (χ1v) is 12.1. The van der Waals surface area contributed by atoms with Crippen LogP contribution in [0.5, 0.6) is 0 Å². The standard InChI is InChI=1S/C20H25N3O3S2/c1-13-2-10-17-18(12-13)27-20(21-17)22-19(24)11-5-14-3-8-16(9-4-14)28(25,26)23-15-6-7-15/h3-4,8-9,13,15,23H,2,5-7,10-12H2,1H3,(H,21,22,24). The fraction of sp³-hybridized carbons (Fsp3) is 0.500. The molecule has 0 radical (unpaired) electrons. The number of fused-ring (bicyclic) bond motifs is 1. The van der Waals surface area contributed by atoms with Gasteiger partial charge in [-0.3, -0.25) is 4.79 Å². The molecule has 1 amide bonds. The number of carbonyl (C=O) groups excluding carboxylic acids is 1. The lowest BCUT2D eigenvalue weighted by molar-refractivity contribution is -0.116. The highest BCUT2D eigenvalue weighted by atomic mass is 32.2. The van der Waals surface area contributed by atoms with Gasteiger partial charge in [-0.2, -0.15) is 0 Å². The quantitative estimate of drug-likeness (QED) is 0.721. The van der Waals surface area contributed by atoms with Crippen LogP contribution in [-0.4, -0.2) is 25.4 Å². The van der Waals surface area contributed by atoms with E-state index in [-0.39, 0.29) is 16.8 Å². The maximum atomic E-state index is 12.3. The van der Waals surface area contributed by atoms with Gasteiger partial charge in [0, 0.05) is 17.3 Å². The summed E-state index contributed by atoms with van der Waals surface area (Å²) in [5.74, 6) is 0.619. The average molecular weight is 420 g/mol. The summed E-state index contributed by atoms with van der Waals surface area (Å²) in [6, 6.07) is 6.85. The van der Waals surface area contributed by atoms with Crippen LogP contribution in [0.25, 0.3) is 0 Å². The zero-order chi connectivity index (χ0) is 19.7. The van der Waals surface area contributed by atoms with E-state index in [0.29, 0.717) is 23.9 Å². The first-order valence-electron chi connectivity index (χ1n) is 9.79. The van der Waals surface area contributed by atoms with Crippen molar-refractivity contribution >= 4 is 32.4 Å². The molecular weight excluding hydrogens is 394 g/mol. The molecule has 0 bridgehead atoms. The number of rotatable bonds is 7. The highest BCUT2D eigenvalue weighted by molar-refractivity contribution is 7.89. The van der Waals surface area contributed by atoms with E-state index in [4.69, 9.17) is 0 Å². The summed E-state index contributed by atoms with van der Waals surface area (Å²) >= 11 is 1.59. The number of aryl methyl sites for hydroxylation is 2. The lowest BCUT2D eigenvalue weighted by Gasteiger charge is -2.15. The lowest BCUT2D eigenvalue weighted by Crippen LogP contribution is -2.25. The van der Waals surface area contributed by atoms with Crippen LogP contribution in [0, 0.1) is 5.92 Å². The predicted octanol–water partition coefficient (Wildman–Crippen LogP) is 3.28. The minimum atomic E-state index is -3.43. The van der Waals surface area contributed by atoms with Crippen LogP contribution in [0.15, 0.2) is 29.2 Å². The fourth-order valence-electron chi connectivity index (χ4n) is 3.36. The summed E-state index contributed by atoms with van der Waals surface area (Å²) in [4.78, 5) is 18.4. The third-order valence-electron chi connectivity index (χ3n) is 5.21. The molecular formula is C20H25N3O3S2. The molecule has 0 aliphatic heterocycles. The van der Waals surface area contributed by atoms with Crippen LogP contribution in [0.3, 0.4) is 0 Å². The SMILES string of the molecule is CC1CCc2nc(NC(=O)CCc3ccc(S(=O)(=O)NC4CC4)cc3)sc2C1. The normalized spacial score (nSPS) is 19.2. The summed E-state index contributed by atoms with van der Waals surface area (Å²) in [6.07, 6.45) is 5.92. The Morgan fingerprint density at radius 3 is 2.68 bits per heavy atom. The van der Waals surface area contributed by atoms with Crippen molar-refractivity contribution in [1.29, 1.82) is 0 Å². The molecule has 2 aromatic rings. The van der Waals surface area contributed by atoms with Crippen molar-refractivity contribution in [1.82, 2.24) is 9.71 Å². The van der Waals surface area contributed by atoms with Gasteiger partial charge in [0.05, 0.1) is 10.6 Å². The Morgan fingerprint density at radius 1 is 1.21 bits per heavy atom. The Balaban J connectivity index is 1.30. The molecule has 1 aromatic heterocycles. The van der Waals surface area contributed by atoms with Gasteiger partial charge in [0.1, 0.15) is 0 Å². The van der Waals surface area contributed by atoms with Crippen molar-refractivity contribution in [2.75, 3.05) is 5.32 Å². The topological polar surface area (TPSA) is 88.2 Å². The number of carbonyl (C=O) groups is 1. The van der Waals surface area contributed by atoms with Crippen LogP contribution in [-0.2, 0) is 34.1 Å². The third-order valence-corrected chi connectivity index (χ3v) is 7.78. The zero-order valence-electron chi connectivity index (χ0n) is 15.9. The fourth-order valence-corrected chi connectivity index (χ4v) is 5.85. The molecule has 2 aliphatic rings. The number of hydrogen-bond donors (Lipinski definition) is 2. The van der Waals surface area contributed by atoms with Crippen molar-refractivity contribution < 1.29 is 13.2 Å². The van der Waals surface area contributed by atoms with Crippen LogP contribution in [0.1, 0.15) is 48.7 Å². The van der Waals surface area contributed by atoms with E-state index in [2.05, 4.69) is 21.9 Å². The van der Waals surface area contributed by atoms with Crippen LogP contribution < -0.4 is 10.0 Å². The Hall–Kier alpha value is -1.77. The molecule has 1 saturated carbocycles. The van der Waals surface area contributed by atoms with Crippen LogP contribution in [0.4, 0.5) is 5.13 Å². The summed E-state index contributed by atoms with van der Waals surface area (Å²) < 4.78 is 27.0. The maximum absolute atomic E-state index is 12.3. The molecule has 0 saturated heterocycles. The number of benzene rings is 1. The number of hydrogen-bond acceptors (Lipinski definition) is 5. The van der Waals surface area contributed by atoms with Gasteiger partial charge >= 0.3 is 0 Å². The van der Waals surface area contributed by atoms with E-state index >= 15 is 0 Å². The van der Waals surface area contributed by atoms with E-state index in [0.717, 1.165) is 43.4 Å². The van der Waals surface area contributed by atoms with Crippen LogP contribution in [0.2, 0.25) is 0 Å². The van der Waals surface area contributed by atoms with Crippen LogP contribution >= 0.6 is 11.3 Å². The molecule has 150 valence electrons. The number of aromatic nitrogens is 1. The number of anilines is 1. The molecule has 1 unspecified atom stereocenters. The van der Waals surface area contributed by atoms with Gasteiger partial charge in [0.15, 0.2) is 5.13 Å². The number of nitrogens with one attached hydrogen (secondary N) is 2. The van der Waals surface area contributed by atoms with Crippen molar-refractivity contribution in [2.45, 2.75) is 62.8 Å². The van der Waals surface area contributed by atoms with Crippen molar-refractivity contribution in [3.63, 3.8) is 0 Å². The Morgan fingerprint density at radius 2 is 1.96 bits per heavy atom. The third kappa shape index (κ3) is 4.79. The van der Waals surface area contributed by atoms with E-state index in [1.165, 1.54) is 4.88 Å². The molecule has 2 N–H and O–H groups in total. The highest BCUT2D eigenvalue weighted by Gasteiger charge is 2.27. The molecule has 2 aliphatic carbocycles. The molecule has 1 atom stereocenters. The number of amides is 1. The van der Waals surface area contributed by atoms with Crippen molar-refractivity contribution in [3.8, 4) is 0 Å². The molecule has 4 rings (SSSR count). The van der Waals surface area contributed by atoms with Gasteiger partial charge < -0.3 is 5.32 Å². The zero-order valence-corrected chi connectivity index (χ0v) is 17.5. The van der Waals surface area contributed by atoms with E-state index in [9.17, 15) is 13.2 Å². The lowest BCUT2D eigenvalue weighted by atomic mass is 9.93. The second-order valence-electron chi connectivity index (χ2n) is 7.82. The number of thiazole rings is 1. The molecule has 6 nitrogen and oxygen atoms in total. The Kier molecular flexibility index (Phi) is 5.53. The first kappa shape index (κ1) is 19.5. The minimum absolute atomic E-state index is 0.0637. The van der Waals surface area contributed by atoms with Gasteiger partial charge in [-0.25, -0.2) is 18.1 Å². The Bertz CT molecular complexity index is 963. The molecule has 0 spiro atoms. The summed E-state index contributed by atoms with van der Waals surface area (Å²) in [7, 11) is -3.43. The second-order valence-corrected chi connectivity index (χ2v) is 10.6. The van der Waals surface area contributed by atoms with Gasteiger partial charge in [-0.15, -0.1) is 11.3 Å². The molecule has 1 fully saturated rings. The Labute approximate surface area is 169 Å².